The zero-order chi connectivity index (χ0) is 13.3. The summed E-state index contributed by atoms with van der Waals surface area (Å²) in [5, 5.41) is 0. The SMILES string of the molecule is Cc1cc(OCC(F)(F)C(F)(F)F)ccc1N. The summed E-state index contributed by atoms with van der Waals surface area (Å²) in [5.74, 6) is -4.96. The number of nitrogens with two attached hydrogens (primary N) is 1. The number of rotatable bonds is 3. The van der Waals surface area contributed by atoms with Gasteiger partial charge in [0, 0.05) is 5.69 Å². The molecule has 17 heavy (non-hydrogen) atoms. The monoisotopic (exact) mass is 255 g/mol. The fourth-order valence-corrected chi connectivity index (χ4v) is 0.994. The Bertz CT molecular complexity index is 402. The Morgan fingerprint density at radius 2 is 1.76 bits per heavy atom. The molecule has 0 radical (unpaired) electrons. The molecule has 0 spiro atoms. The van der Waals surface area contributed by atoms with Crippen LogP contribution in [0.15, 0.2) is 18.2 Å². The van der Waals surface area contributed by atoms with E-state index in [1.54, 1.807) is 6.92 Å². The van der Waals surface area contributed by atoms with Crippen molar-refractivity contribution in [3.8, 4) is 5.75 Å². The second-order valence-electron chi connectivity index (χ2n) is 3.51. The second-order valence-corrected chi connectivity index (χ2v) is 3.51. The highest BCUT2D eigenvalue weighted by Gasteiger charge is 2.58. The highest BCUT2D eigenvalue weighted by Crippen LogP contribution is 2.35. The molecule has 96 valence electrons. The molecule has 2 N–H and O–H groups in total. The van der Waals surface area contributed by atoms with Gasteiger partial charge in [0.05, 0.1) is 0 Å². The van der Waals surface area contributed by atoms with E-state index >= 15 is 0 Å². The van der Waals surface area contributed by atoms with Crippen LogP contribution in [0.2, 0.25) is 0 Å². The van der Waals surface area contributed by atoms with Crippen molar-refractivity contribution in [2.75, 3.05) is 12.3 Å². The summed E-state index contributed by atoms with van der Waals surface area (Å²) in [4.78, 5) is 0. The van der Waals surface area contributed by atoms with Crippen LogP contribution in [-0.2, 0) is 0 Å². The molecule has 0 saturated carbocycles. The molecule has 0 aliphatic carbocycles. The first-order chi connectivity index (χ1) is 7.63. The molecular formula is C10H10F5NO. The van der Waals surface area contributed by atoms with E-state index in [4.69, 9.17) is 5.73 Å². The molecule has 1 aromatic carbocycles. The van der Waals surface area contributed by atoms with Gasteiger partial charge in [0.15, 0.2) is 6.61 Å². The van der Waals surface area contributed by atoms with Crippen LogP contribution in [0.1, 0.15) is 5.56 Å². The Morgan fingerprint density at radius 1 is 1.18 bits per heavy atom. The average Bonchev–Trinajstić information content (AvgIpc) is 2.18. The molecule has 1 rings (SSSR count). The molecule has 0 saturated heterocycles. The van der Waals surface area contributed by atoms with Crippen LogP contribution in [0, 0.1) is 6.92 Å². The molecule has 1 aromatic rings. The molecule has 0 aromatic heterocycles. The van der Waals surface area contributed by atoms with Gasteiger partial charge in [-0.05, 0) is 30.7 Å². The lowest BCUT2D eigenvalue weighted by Crippen LogP contribution is -2.41. The quantitative estimate of drug-likeness (QED) is 0.665. The average molecular weight is 255 g/mol. The minimum Gasteiger partial charge on any atom is -0.487 e. The van der Waals surface area contributed by atoms with Crippen molar-refractivity contribution in [1.82, 2.24) is 0 Å². The number of hydrogen-bond donors (Lipinski definition) is 1. The van der Waals surface area contributed by atoms with Crippen LogP contribution < -0.4 is 10.5 Å². The zero-order valence-corrected chi connectivity index (χ0v) is 8.81. The van der Waals surface area contributed by atoms with Gasteiger partial charge in [0.25, 0.3) is 0 Å². The Hall–Kier alpha value is -1.53. The highest BCUT2D eigenvalue weighted by molar-refractivity contribution is 5.49. The summed E-state index contributed by atoms with van der Waals surface area (Å²) < 4.78 is 64.9. The molecule has 0 heterocycles. The van der Waals surface area contributed by atoms with Gasteiger partial charge < -0.3 is 10.5 Å². The number of ether oxygens (including phenoxy) is 1. The first-order valence-electron chi connectivity index (χ1n) is 4.57. The van der Waals surface area contributed by atoms with E-state index in [9.17, 15) is 22.0 Å². The van der Waals surface area contributed by atoms with Gasteiger partial charge >= 0.3 is 12.1 Å². The second kappa shape index (κ2) is 4.38. The van der Waals surface area contributed by atoms with Gasteiger partial charge in [-0.2, -0.15) is 22.0 Å². The van der Waals surface area contributed by atoms with Gasteiger partial charge in [-0.1, -0.05) is 0 Å². The lowest BCUT2D eigenvalue weighted by Gasteiger charge is -2.19. The Kier molecular flexibility index (Phi) is 3.49. The fraction of sp³-hybridized carbons (Fsp3) is 0.400. The van der Waals surface area contributed by atoms with Crippen molar-refractivity contribution < 1.29 is 26.7 Å². The molecule has 0 aliphatic rings. The number of anilines is 1. The van der Waals surface area contributed by atoms with Crippen molar-refractivity contribution >= 4 is 5.69 Å². The number of hydrogen-bond acceptors (Lipinski definition) is 2. The molecule has 0 atom stereocenters. The molecule has 0 fully saturated rings. The van der Waals surface area contributed by atoms with Crippen molar-refractivity contribution in [3.63, 3.8) is 0 Å². The maximum Gasteiger partial charge on any atom is 0.456 e. The summed E-state index contributed by atoms with van der Waals surface area (Å²) in [7, 11) is 0. The summed E-state index contributed by atoms with van der Waals surface area (Å²) >= 11 is 0. The van der Waals surface area contributed by atoms with Crippen LogP contribution in [-0.4, -0.2) is 18.7 Å². The minimum absolute atomic E-state index is 0.0828. The predicted octanol–water partition coefficient (Wildman–Crippen LogP) is 3.15. The Labute approximate surface area is 94.2 Å². The van der Waals surface area contributed by atoms with Gasteiger partial charge in [-0.3, -0.25) is 0 Å². The predicted molar refractivity (Wildman–Crippen MR) is 52.1 cm³/mol. The Balaban J connectivity index is 2.71. The topological polar surface area (TPSA) is 35.2 Å². The molecule has 0 aliphatic heterocycles. The minimum atomic E-state index is -5.62. The van der Waals surface area contributed by atoms with Crippen molar-refractivity contribution in [1.29, 1.82) is 0 Å². The lowest BCUT2D eigenvalue weighted by atomic mass is 10.2. The van der Waals surface area contributed by atoms with Gasteiger partial charge in [-0.15, -0.1) is 0 Å². The smallest absolute Gasteiger partial charge is 0.456 e. The summed E-state index contributed by atoms with van der Waals surface area (Å²) in [6.07, 6.45) is -5.62. The van der Waals surface area contributed by atoms with Gasteiger partial charge in [0.1, 0.15) is 5.75 Å². The van der Waals surface area contributed by atoms with E-state index in [0.29, 0.717) is 11.3 Å². The van der Waals surface area contributed by atoms with Crippen LogP contribution in [0.4, 0.5) is 27.6 Å². The lowest BCUT2D eigenvalue weighted by molar-refractivity contribution is -0.290. The van der Waals surface area contributed by atoms with E-state index in [1.807, 2.05) is 0 Å². The molecule has 7 heteroatoms. The normalized spacial score (nSPS) is 12.6. The largest absolute Gasteiger partial charge is 0.487 e. The molecular weight excluding hydrogens is 245 g/mol. The third kappa shape index (κ3) is 3.21. The van der Waals surface area contributed by atoms with E-state index in [0.717, 1.165) is 0 Å². The molecule has 0 bridgehead atoms. The molecule has 0 amide bonds. The van der Waals surface area contributed by atoms with E-state index in [-0.39, 0.29) is 5.75 Å². The van der Waals surface area contributed by atoms with E-state index < -0.39 is 18.7 Å². The van der Waals surface area contributed by atoms with E-state index in [2.05, 4.69) is 4.74 Å². The van der Waals surface area contributed by atoms with Crippen LogP contribution in [0.5, 0.6) is 5.75 Å². The third-order valence-corrected chi connectivity index (χ3v) is 2.08. The Morgan fingerprint density at radius 3 is 2.24 bits per heavy atom. The van der Waals surface area contributed by atoms with Crippen molar-refractivity contribution in [2.45, 2.75) is 19.0 Å². The van der Waals surface area contributed by atoms with E-state index in [1.165, 1.54) is 18.2 Å². The molecule has 0 unspecified atom stereocenters. The standard InChI is InChI=1S/C10H10F5NO/c1-6-4-7(2-3-8(6)16)17-5-9(11,12)10(13,14)15/h2-4H,5,16H2,1H3. The maximum atomic E-state index is 12.5. The molecule has 2 nitrogen and oxygen atoms in total. The number of aryl methyl sites for hydroxylation is 1. The first-order valence-corrected chi connectivity index (χ1v) is 4.57. The number of alkyl halides is 5. The highest BCUT2D eigenvalue weighted by atomic mass is 19.4. The fourth-order valence-electron chi connectivity index (χ4n) is 0.994. The number of nitrogen functional groups attached to an aromatic ring is 1. The van der Waals surface area contributed by atoms with Gasteiger partial charge in [0.2, 0.25) is 0 Å². The summed E-state index contributed by atoms with van der Waals surface area (Å²) in [5.41, 5.74) is 6.40. The summed E-state index contributed by atoms with van der Waals surface area (Å²) in [6, 6.07) is 3.90. The van der Waals surface area contributed by atoms with Crippen LogP contribution >= 0.6 is 0 Å². The maximum absolute atomic E-state index is 12.5. The number of benzene rings is 1. The van der Waals surface area contributed by atoms with Crippen LogP contribution in [0.3, 0.4) is 0 Å². The third-order valence-electron chi connectivity index (χ3n) is 2.08. The summed E-state index contributed by atoms with van der Waals surface area (Å²) in [6.45, 7) is -0.163. The van der Waals surface area contributed by atoms with Gasteiger partial charge in [-0.25, -0.2) is 0 Å². The van der Waals surface area contributed by atoms with Crippen molar-refractivity contribution in [3.05, 3.63) is 23.8 Å². The first kappa shape index (κ1) is 13.5. The van der Waals surface area contributed by atoms with Crippen LogP contribution in [0.25, 0.3) is 0 Å². The number of halogens is 5. The zero-order valence-electron chi connectivity index (χ0n) is 8.81. The van der Waals surface area contributed by atoms with Crippen molar-refractivity contribution in [2.24, 2.45) is 0 Å².